The summed E-state index contributed by atoms with van der Waals surface area (Å²) < 4.78 is 5.34. The Kier molecular flexibility index (Phi) is 5.07. The molecule has 0 bridgehead atoms. The Balaban J connectivity index is 1.31. The van der Waals surface area contributed by atoms with Gasteiger partial charge in [0.25, 0.3) is 0 Å². The third kappa shape index (κ3) is 3.49. The Morgan fingerprint density at radius 1 is 1.11 bits per heavy atom. The van der Waals surface area contributed by atoms with E-state index in [1.54, 1.807) is 7.11 Å². The Morgan fingerprint density at radius 2 is 1.86 bits per heavy atom. The highest BCUT2D eigenvalue weighted by Gasteiger charge is 2.51. The van der Waals surface area contributed by atoms with Gasteiger partial charge in [-0.15, -0.1) is 0 Å². The van der Waals surface area contributed by atoms with E-state index in [2.05, 4.69) is 18.3 Å². The molecule has 1 aliphatic carbocycles. The van der Waals surface area contributed by atoms with Crippen LogP contribution in [0.3, 0.4) is 0 Å². The lowest BCUT2D eigenvalue weighted by atomic mass is 10.1. The molecule has 5 heteroatoms. The summed E-state index contributed by atoms with van der Waals surface area (Å²) in [5.41, 5.74) is 3.28. The maximum Gasteiger partial charge on any atom is 0.231 e. The van der Waals surface area contributed by atoms with Crippen LogP contribution in [0.5, 0.6) is 5.75 Å². The molecule has 2 aliphatic rings. The molecule has 0 spiro atoms. The summed E-state index contributed by atoms with van der Waals surface area (Å²) in [6.45, 7) is 2.61. The fourth-order valence-electron chi connectivity index (χ4n) is 4.20. The number of benzene rings is 2. The van der Waals surface area contributed by atoms with Crippen LogP contribution in [0.2, 0.25) is 0 Å². The number of nitrogens with zero attached hydrogens (tertiary/aromatic N) is 1. The van der Waals surface area contributed by atoms with Gasteiger partial charge in [0.2, 0.25) is 11.8 Å². The molecule has 28 heavy (non-hydrogen) atoms. The third-order valence-corrected chi connectivity index (χ3v) is 5.78. The molecule has 3 atom stereocenters. The van der Waals surface area contributed by atoms with Crippen LogP contribution < -0.4 is 15.0 Å². The molecule has 1 fully saturated rings. The molecule has 1 aliphatic heterocycles. The second-order valence-corrected chi connectivity index (χ2v) is 7.69. The van der Waals surface area contributed by atoms with Crippen LogP contribution in [-0.4, -0.2) is 31.5 Å². The molecule has 0 radical (unpaired) electrons. The second-order valence-electron chi connectivity index (χ2n) is 7.69. The SMILES string of the molecule is COc1ccccc1CCNC(=O)C1CC1C(=O)N1c2ccccc2CC1C. The van der Waals surface area contributed by atoms with E-state index in [1.165, 1.54) is 5.56 Å². The first-order chi connectivity index (χ1) is 13.6. The molecule has 0 aromatic heterocycles. The molecule has 1 N–H and O–H groups in total. The number of nitrogens with one attached hydrogen (secondary N) is 1. The van der Waals surface area contributed by atoms with Crippen molar-refractivity contribution >= 4 is 17.5 Å². The summed E-state index contributed by atoms with van der Waals surface area (Å²) in [4.78, 5) is 27.4. The first-order valence-electron chi connectivity index (χ1n) is 9.90. The van der Waals surface area contributed by atoms with E-state index in [0.29, 0.717) is 19.4 Å². The zero-order valence-corrected chi connectivity index (χ0v) is 16.4. The van der Waals surface area contributed by atoms with Crippen molar-refractivity contribution in [2.24, 2.45) is 11.8 Å². The Labute approximate surface area is 165 Å². The average Bonchev–Trinajstić information content (AvgIpc) is 3.44. The van der Waals surface area contributed by atoms with Gasteiger partial charge >= 0.3 is 0 Å². The lowest BCUT2D eigenvalue weighted by molar-refractivity contribution is -0.126. The number of amides is 2. The van der Waals surface area contributed by atoms with E-state index in [-0.39, 0.29) is 29.7 Å². The van der Waals surface area contributed by atoms with Crippen molar-refractivity contribution in [1.29, 1.82) is 0 Å². The van der Waals surface area contributed by atoms with E-state index >= 15 is 0 Å². The number of carbonyl (C=O) groups is 2. The monoisotopic (exact) mass is 378 g/mol. The predicted molar refractivity (Wildman–Crippen MR) is 108 cm³/mol. The highest BCUT2D eigenvalue weighted by Crippen LogP contribution is 2.43. The van der Waals surface area contributed by atoms with Crippen LogP contribution in [0.25, 0.3) is 0 Å². The number of anilines is 1. The van der Waals surface area contributed by atoms with Crippen LogP contribution in [0, 0.1) is 11.8 Å². The number of hydrogen-bond donors (Lipinski definition) is 1. The van der Waals surface area contributed by atoms with Gasteiger partial charge in [-0.05, 0) is 49.4 Å². The van der Waals surface area contributed by atoms with E-state index in [9.17, 15) is 9.59 Å². The van der Waals surface area contributed by atoms with Crippen molar-refractivity contribution in [3.63, 3.8) is 0 Å². The summed E-state index contributed by atoms with van der Waals surface area (Å²) in [6, 6.07) is 16.0. The number of hydrogen-bond acceptors (Lipinski definition) is 3. The van der Waals surface area contributed by atoms with Gasteiger partial charge in [-0.25, -0.2) is 0 Å². The van der Waals surface area contributed by atoms with Crippen LogP contribution in [0.4, 0.5) is 5.69 Å². The molecule has 4 rings (SSSR count). The number of para-hydroxylation sites is 2. The van der Waals surface area contributed by atoms with Gasteiger partial charge in [0.05, 0.1) is 18.9 Å². The minimum atomic E-state index is -0.204. The van der Waals surface area contributed by atoms with Crippen LogP contribution in [-0.2, 0) is 22.4 Å². The van der Waals surface area contributed by atoms with Gasteiger partial charge in [-0.3, -0.25) is 9.59 Å². The van der Waals surface area contributed by atoms with Gasteiger partial charge in [0, 0.05) is 18.3 Å². The third-order valence-electron chi connectivity index (χ3n) is 5.78. The molecular formula is C23H26N2O3. The number of rotatable bonds is 6. The largest absolute Gasteiger partial charge is 0.496 e. The molecular weight excluding hydrogens is 352 g/mol. The summed E-state index contributed by atoms with van der Waals surface area (Å²) in [5, 5.41) is 2.98. The summed E-state index contributed by atoms with van der Waals surface area (Å²) in [6.07, 6.45) is 2.23. The van der Waals surface area contributed by atoms with Crippen molar-refractivity contribution in [2.75, 3.05) is 18.6 Å². The number of carbonyl (C=O) groups excluding carboxylic acids is 2. The van der Waals surface area contributed by atoms with E-state index in [1.807, 2.05) is 47.4 Å². The standard InChI is InChI=1S/C23H26N2O3/c1-15-13-17-8-3-5-9-20(17)25(15)23(27)19-14-18(19)22(26)24-12-11-16-7-4-6-10-21(16)28-2/h3-10,15,18-19H,11-14H2,1-2H3,(H,24,26). The number of fused-ring (bicyclic) bond motifs is 1. The van der Waals surface area contributed by atoms with E-state index in [0.717, 1.165) is 23.4 Å². The normalized spacial score (nSPS) is 22.5. The minimum absolute atomic E-state index is 0.0200. The predicted octanol–water partition coefficient (Wildman–Crippen LogP) is 2.97. The lowest BCUT2D eigenvalue weighted by Gasteiger charge is -2.23. The second kappa shape index (κ2) is 7.66. The quantitative estimate of drug-likeness (QED) is 0.841. The molecule has 2 aromatic rings. The van der Waals surface area contributed by atoms with Crippen molar-refractivity contribution in [1.82, 2.24) is 5.32 Å². The van der Waals surface area contributed by atoms with E-state index < -0.39 is 0 Å². The zero-order chi connectivity index (χ0) is 19.7. The molecule has 1 heterocycles. The summed E-state index contributed by atoms with van der Waals surface area (Å²) >= 11 is 0. The average molecular weight is 378 g/mol. The fraction of sp³-hybridized carbons (Fsp3) is 0.391. The highest BCUT2D eigenvalue weighted by atomic mass is 16.5. The Bertz CT molecular complexity index is 895. The van der Waals surface area contributed by atoms with Crippen molar-refractivity contribution in [3.8, 4) is 5.75 Å². The maximum atomic E-state index is 13.0. The van der Waals surface area contributed by atoms with Gasteiger partial charge in [0.15, 0.2) is 0 Å². The van der Waals surface area contributed by atoms with Crippen LogP contribution >= 0.6 is 0 Å². The van der Waals surface area contributed by atoms with Crippen LogP contribution in [0.1, 0.15) is 24.5 Å². The summed E-state index contributed by atoms with van der Waals surface area (Å²) in [5.74, 6) is 0.499. The fourth-order valence-corrected chi connectivity index (χ4v) is 4.20. The first kappa shape index (κ1) is 18.5. The molecule has 5 nitrogen and oxygen atoms in total. The minimum Gasteiger partial charge on any atom is -0.496 e. The molecule has 146 valence electrons. The lowest BCUT2D eigenvalue weighted by Crippen LogP contribution is -2.38. The van der Waals surface area contributed by atoms with Crippen molar-refractivity contribution < 1.29 is 14.3 Å². The van der Waals surface area contributed by atoms with Gasteiger partial charge in [-0.2, -0.15) is 0 Å². The molecule has 2 amide bonds. The zero-order valence-electron chi connectivity index (χ0n) is 16.4. The highest BCUT2D eigenvalue weighted by molar-refractivity contribution is 6.02. The van der Waals surface area contributed by atoms with Crippen molar-refractivity contribution in [2.45, 2.75) is 32.2 Å². The van der Waals surface area contributed by atoms with E-state index in [4.69, 9.17) is 4.74 Å². The van der Waals surface area contributed by atoms with Gasteiger partial charge in [-0.1, -0.05) is 36.4 Å². The maximum absolute atomic E-state index is 13.0. The molecule has 2 aromatic carbocycles. The van der Waals surface area contributed by atoms with Crippen LogP contribution in [0.15, 0.2) is 48.5 Å². The Hall–Kier alpha value is -2.82. The molecule has 0 saturated heterocycles. The first-order valence-corrected chi connectivity index (χ1v) is 9.90. The van der Waals surface area contributed by atoms with Crippen molar-refractivity contribution in [3.05, 3.63) is 59.7 Å². The Morgan fingerprint density at radius 3 is 2.68 bits per heavy atom. The molecule has 1 saturated carbocycles. The topological polar surface area (TPSA) is 58.6 Å². The summed E-state index contributed by atoms with van der Waals surface area (Å²) in [7, 11) is 1.65. The van der Waals surface area contributed by atoms with Gasteiger partial charge < -0.3 is 15.0 Å². The molecule has 3 unspecified atom stereocenters. The smallest absolute Gasteiger partial charge is 0.231 e. The number of ether oxygens (including phenoxy) is 1. The van der Waals surface area contributed by atoms with Gasteiger partial charge in [0.1, 0.15) is 5.75 Å². The number of methoxy groups -OCH3 is 1.